The van der Waals surface area contributed by atoms with Crippen LogP contribution < -0.4 is 5.32 Å². The molecule has 5 rings (SSSR count). The first kappa shape index (κ1) is 31.3. The zero-order chi connectivity index (χ0) is 31.1. The fourth-order valence-electron chi connectivity index (χ4n) is 5.05. The van der Waals surface area contributed by atoms with Gasteiger partial charge >= 0.3 is 5.97 Å². The van der Waals surface area contributed by atoms with Crippen LogP contribution in [0.5, 0.6) is 0 Å². The number of aryl methyl sites for hydroxylation is 1. The molecule has 11 nitrogen and oxygen atoms in total. The number of benzene rings is 3. The number of nitrogens with zero attached hydrogens (tertiary/aromatic N) is 4. The third-order valence-corrected chi connectivity index (χ3v) is 8.66. The molecule has 0 radical (unpaired) electrons. The average molecular weight is 618 g/mol. The van der Waals surface area contributed by atoms with E-state index in [0.29, 0.717) is 17.5 Å². The maximum atomic E-state index is 12.0. The number of ether oxygens (including phenoxy) is 2. The normalized spacial score (nSPS) is 19.9. The summed E-state index contributed by atoms with van der Waals surface area (Å²) in [4.78, 5) is 22.8. The second kappa shape index (κ2) is 14.6. The van der Waals surface area contributed by atoms with Crippen molar-refractivity contribution >= 4 is 23.6 Å². The molecule has 44 heavy (non-hydrogen) atoms. The van der Waals surface area contributed by atoms with Crippen LogP contribution in [0.25, 0.3) is 11.1 Å². The van der Waals surface area contributed by atoms with E-state index in [4.69, 9.17) is 14.6 Å². The van der Waals surface area contributed by atoms with Crippen molar-refractivity contribution in [1.82, 2.24) is 25.5 Å². The number of thioether (sulfide) groups is 1. The Labute approximate surface area is 259 Å². The van der Waals surface area contributed by atoms with Crippen molar-refractivity contribution in [2.75, 3.05) is 5.75 Å². The molecule has 1 amide bonds. The molecule has 3 N–H and O–H groups in total. The van der Waals surface area contributed by atoms with Crippen LogP contribution in [-0.2, 0) is 39.3 Å². The molecule has 0 saturated carbocycles. The van der Waals surface area contributed by atoms with Crippen molar-refractivity contribution in [2.45, 2.75) is 56.6 Å². The molecule has 1 aliphatic heterocycles. The van der Waals surface area contributed by atoms with E-state index in [9.17, 15) is 14.7 Å². The SMILES string of the molecule is C[C@H]1[C@@H](CSc2nnnn2C)O[C@@H](c2cccc(-c3cccc(CNC(=O)CCC(=O)O)c3)c2)O[C@H]1c1ccc(CO)cc1. The van der Waals surface area contributed by atoms with Crippen LogP contribution in [-0.4, -0.2) is 54.2 Å². The smallest absolute Gasteiger partial charge is 0.303 e. The van der Waals surface area contributed by atoms with Crippen molar-refractivity contribution in [3.05, 3.63) is 95.1 Å². The monoisotopic (exact) mass is 617 g/mol. The van der Waals surface area contributed by atoms with Gasteiger partial charge in [0.1, 0.15) is 0 Å². The van der Waals surface area contributed by atoms with E-state index < -0.39 is 12.3 Å². The number of hydrogen-bond donors (Lipinski definition) is 3. The van der Waals surface area contributed by atoms with E-state index in [1.54, 1.807) is 11.7 Å². The van der Waals surface area contributed by atoms with Crippen LogP contribution in [0.3, 0.4) is 0 Å². The van der Waals surface area contributed by atoms with Gasteiger partial charge in [-0.25, -0.2) is 4.68 Å². The van der Waals surface area contributed by atoms with Crippen molar-refractivity contribution in [1.29, 1.82) is 0 Å². The van der Waals surface area contributed by atoms with Crippen LogP contribution in [0, 0.1) is 5.92 Å². The maximum absolute atomic E-state index is 12.0. The molecular formula is C32H35N5O6S. The van der Waals surface area contributed by atoms with Gasteiger partial charge in [0.25, 0.3) is 0 Å². The summed E-state index contributed by atoms with van der Waals surface area (Å²) in [5, 5.41) is 33.6. The molecule has 3 aromatic carbocycles. The van der Waals surface area contributed by atoms with Gasteiger partial charge in [-0.15, -0.1) is 5.10 Å². The zero-order valence-corrected chi connectivity index (χ0v) is 25.3. The second-order valence-corrected chi connectivity index (χ2v) is 11.7. The largest absolute Gasteiger partial charge is 0.481 e. The van der Waals surface area contributed by atoms with Crippen molar-refractivity contribution in [3.63, 3.8) is 0 Å². The van der Waals surface area contributed by atoms with Crippen molar-refractivity contribution < 1.29 is 29.3 Å². The van der Waals surface area contributed by atoms with Crippen LogP contribution >= 0.6 is 11.8 Å². The van der Waals surface area contributed by atoms with Crippen LogP contribution in [0.2, 0.25) is 0 Å². The molecule has 1 aromatic heterocycles. The number of amides is 1. The number of aliphatic hydroxyl groups is 1. The molecule has 1 fully saturated rings. The number of aliphatic carboxylic acids is 1. The second-order valence-electron chi connectivity index (χ2n) is 10.7. The highest BCUT2D eigenvalue weighted by Crippen LogP contribution is 2.43. The Morgan fingerprint density at radius 2 is 1.70 bits per heavy atom. The quantitative estimate of drug-likeness (QED) is 0.195. The van der Waals surface area contributed by atoms with E-state index in [2.05, 4.69) is 27.8 Å². The summed E-state index contributed by atoms with van der Waals surface area (Å²) in [5.74, 6) is -0.656. The molecule has 4 atom stereocenters. The highest BCUT2D eigenvalue weighted by molar-refractivity contribution is 7.99. The standard InChI is InChI=1S/C32H35N5O6S/c1-20-27(19-44-32-34-35-36-37(32)2)42-31(43-30(20)23-11-9-21(18-38)10-12-23)26-8-4-7-25(16-26)24-6-3-5-22(15-24)17-33-28(39)13-14-29(40)41/h3-12,15-16,20,27,30-31,38H,13-14,17-19H2,1-2H3,(H,33,39)(H,40,41)/t20-,27+,30+,31+/m0/s1. The molecule has 0 bridgehead atoms. The van der Waals surface area contributed by atoms with E-state index in [0.717, 1.165) is 33.4 Å². The van der Waals surface area contributed by atoms with Gasteiger partial charge in [0.15, 0.2) is 6.29 Å². The third kappa shape index (κ3) is 7.88. The minimum Gasteiger partial charge on any atom is -0.481 e. The van der Waals surface area contributed by atoms with Crippen molar-refractivity contribution in [3.8, 4) is 11.1 Å². The Balaban J connectivity index is 1.36. The van der Waals surface area contributed by atoms with E-state index >= 15 is 0 Å². The van der Waals surface area contributed by atoms with Gasteiger partial charge in [-0.1, -0.05) is 79.3 Å². The van der Waals surface area contributed by atoms with Gasteiger partial charge in [-0.2, -0.15) is 0 Å². The molecule has 230 valence electrons. The van der Waals surface area contributed by atoms with Gasteiger partial charge in [-0.05, 0) is 50.4 Å². The molecule has 4 aromatic rings. The number of aromatic nitrogens is 4. The molecule has 12 heteroatoms. The zero-order valence-electron chi connectivity index (χ0n) is 24.5. The Hall–Kier alpha value is -4.10. The topological polar surface area (TPSA) is 149 Å². The summed E-state index contributed by atoms with van der Waals surface area (Å²) in [6.07, 6.45) is -1.31. The lowest BCUT2D eigenvalue weighted by Gasteiger charge is -2.41. The highest BCUT2D eigenvalue weighted by atomic mass is 32.2. The predicted octanol–water partition coefficient (Wildman–Crippen LogP) is 4.43. The average Bonchev–Trinajstić information content (AvgIpc) is 3.46. The van der Waals surface area contributed by atoms with Crippen LogP contribution in [0.15, 0.2) is 78.0 Å². The van der Waals surface area contributed by atoms with Gasteiger partial charge in [0.2, 0.25) is 11.1 Å². The molecular weight excluding hydrogens is 582 g/mol. The fraction of sp³-hybridized carbons (Fsp3) is 0.344. The number of carboxylic acids is 1. The van der Waals surface area contributed by atoms with E-state index in [-0.39, 0.29) is 43.5 Å². The Kier molecular flexibility index (Phi) is 10.4. The highest BCUT2D eigenvalue weighted by Gasteiger charge is 2.38. The minimum atomic E-state index is -0.999. The number of carboxylic acid groups (broad SMARTS) is 1. The van der Waals surface area contributed by atoms with Gasteiger partial charge in [0, 0.05) is 37.2 Å². The molecule has 0 unspecified atom stereocenters. The molecule has 2 heterocycles. The number of aliphatic hydroxyl groups excluding tert-OH is 1. The Morgan fingerprint density at radius 3 is 2.41 bits per heavy atom. The summed E-state index contributed by atoms with van der Waals surface area (Å²) >= 11 is 1.53. The maximum Gasteiger partial charge on any atom is 0.303 e. The fourth-order valence-corrected chi connectivity index (χ4v) is 6.06. The first-order valence-corrected chi connectivity index (χ1v) is 15.3. The summed E-state index contributed by atoms with van der Waals surface area (Å²) < 4.78 is 14.8. The lowest BCUT2D eigenvalue weighted by molar-refractivity contribution is -0.268. The first-order valence-electron chi connectivity index (χ1n) is 14.3. The molecule has 1 aliphatic rings. The molecule has 1 saturated heterocycles. The number of carbonyl (C=O) groups is 2. The number of rotatable bonds is 12. The van der Waals surface area contributed by atoms with Crippen molar-refractivity contribution in [2.24, 2.45) is 13.0 Å². The van der Waals surface area contributed by atoms with Crippen LogP contribution in [0.4, 0.5) is 0 Å². The number of hydrogen-bond acceptors (Lipinski definition) is 9. The van der Waals surface area contributed by atoms with Gasteiger partial charge in [-0.3, -0.25) is 9.59 Å². The lowest BCUT2D eigenvalue weighted by Crippen LogP contribution is -2.38. The summed E-state index contributed by atoms with van der Waals surface area (Å²) in [6.45, 7) is 2.39. The summed E-state index contributed by atoms with van der Waals surface area (Å²) in [7, 11) is 1.80. The van der Waals surface area contributed by atoms with Gasteiger partial charge in [0.05, 0.1) is 25.2 Å². The lowest BCUT2D eigenvalue weighted by atomic mass is 9.91. The minimum absolute atomic E-state index is 0.0190. The van der Waals surface area contributed by atoms with Gasteiger partial charge < -0.3 is 25.0 Å². The third-order valence-electron chi connectivity index (χ3n) is 7.56. The molecule has 0 aliphatic carbocycles. The Bertz CT molecular complexity index is 1580. The van der Waals surface area contributed by atoms with Crippen LogP contribution in [0.1, 0.15) is 54.4 Å². The Morgan fingerprint density at radius 1 is 0.955 bits per heavy atom. The predicted molar refractivity (Wildman–Crippen MR) is 163 cm³/mol. The summed E-state index contributed by atoms with van der Waals surface area (Å²) in [6, 6.07) is 23.7. The first-order chi connectivity index (χ1) is 21.3. The number of carbonyl (C=O) groups excluding carboxylic acids is 1. The van der Waals surface area contributed by atoms with E-state index in [1.807, 2.05) is 72.8 Å². The number of tetrazole rings is 1. The van der Waals surface area contributed by atoms with E-state index in [1.165, 1.54) is 11.8 Å². The number of nitrogens with one attached hydrogen (secondary N) is 1. The molecule has 0 spiro atoms. The summed E-state index contributed by atoms with van der Waals surface area (Å²) in [5.41, 5.74) is 5.54.